The number of hydrogen-bond acceptors (Lipinski definition) is 4. The molecule has 1 fully saturated rings. The summed E-state index contributed by atoms with van der Waals surface area (Å²) in [6.45, 7) is 6.72. The van der Waals surface area contributed by atoms with Gasteiger partial charge in [0.1, 0.15) is 5.75 Å². The molecule has 1 saturated heterocycles. The Morgan fingerprint density at radius 3 is 2.55 bits per heavy atom. The van der Waals surface area contributed by atoms with Crippen molar-refractivity contribution >= 4 is 11.6 Å². The van der Waals surface area contributed by atoms with Gasteiger partial charge in [-0.1, -0.05) is 6.92 Å². The number of piperazine rings is 1. The fourth-order valence-corrected chi connectivity index (χ4v) is 2.54. The fraction of sp³-hybridized carbons (Fsp3) is 0.533. The van der Waals surface area contributed by atoms with Crippen molar-refractivity contribution in [1.82, 2.24) is 9.80 Å². The smallest absolute Gasteiger partial charge is 0.254 e. The highest BCUT2D eigenvalue weighted by molar-refractivity contribution is 5.95. The van der Waals surface area contributed by atoms with Gasteiger partial charge in [-0.15, -0.1) is 0 Å². The average Bonchev–Trinajstić information content (AvgIpc) is 2.47. The first kappa shape index (κ1) is 14.7. The van der Waals surface area contributed by atoms with Gasteiger partial charge in [0.15, 0.2) is 0 Å². The molecule has 0 unspecified atom stereocenters. The summed E-state index contributed by atoms with van der Waals surface area (Å²) in [7, 11) is 1.58. The monoisotopic (exact) mass is 277 g/mol. The molecule has 1 aliphatic rings. The highest BCUT2D eigenvalue weighted by Crippen LogP contribution is 2.20. The minimum Gasteiger partial charge on any atom is -0.497 e. The first-order valence-electron chi connectivity index (χ1n) is 7.10. The predicted octanol–water partition coefficient (Wildman–Crippen LogP) is 1.45. The van der Waals surface area contributed by atoms with E-state index in [0.717, 1.165) is 39.1 Å². The Morgan fingerprint density at radius 2 is 1.95 bits per heavy atom. The van der Waals surface area contributed by atoms with E-state index in [-0.39, 0.29) is 5.91 Å². The molecule has 0 saturated carbocycles. The Morgan fingerprint density at radius 1 is 1.25 bits per heavy atom. The number of ether oxygens (including phenoxy) is 1. The van der Waals surface area contributed by atoms with Crippen molar-refractivity contribution in [3.05, 3.63) is 23.8 Å². The lowest BCUT2D eigenvalue weighted by molar-refractivity contribution is 0.0637. The molecule has 0 atom stereocenters. The van der Waals surface area contributed by atoms with Crippen LogP contribution >= 0.6 is 0 Å². The molecule has 1 heterocycles. The average molecular weight is 277 g/mol. The summed E-state index contributed by atoms with van der Waals surface area (Å²) in [6, 6.07) is 5.18. The van der Waals surface area contributed by atoms with Gasteiger partial charge in [-0.25, -0.2) is 0 Å². The second kappa shape index (κ2) is 6.61. The van der Waals surface area contributed by atoms with Crippen molar-refractivity contribution in [2.24, 2.45) is 0 Å². The summed E-state index contributed by atoms with van der Waals surface area (Å²) >= 11 is 0. The summed E-state index contributed by atoms with van der Waals surface area (Å²) in [5.41, 5.74) is 6.96. The zero-order valence-electron chi connectivity index (χ0n) is 12.3. The maximum Gasteiger partial charge on any atom is 0.254 e. The minimum absolute atomic E-state index is 0.0340. The topological polar surface area (TPSA) is 58.8 Å². The standard InChI is InChI=1S/C15H23N3O2/c1-3-4-17-5-7-18(8-6-17)15(19)12-9-13(16)11-14(10-12)20-2/h9-11H,3-8,16H2,1-2H3. The lowest BCUT2D eigenvalue weighted by Crippen LogP contribution is -2.48. The summed E-state index contributed by atoms with van der Waals surface area (Å²) in [5.74, 6) is 0.657. The van der Waals surface area contributed by atoms with E-state index in [1.165, 1.54) is 0 Å². The maximum absolute atomic E-state index is 12.5. The van der Waals surface area contributed by atoms with Gasteiger partial charge < -0.3 is 15.4 Å². The van der Waals surface area contributed by atoms with Crippen LogP contribution in [0.3, 0.4) is 0 Å². The molecule has 110 valence electrons. The van der Waals surface area contributed by atoms with Gasteiger partial charge in [-0.2, -0.15) is 0 Å². The molecule has 0 aromatic heterocycles. The molecule has 1 aromatic carbocycles. The zero-order valence-corrected chi connectivity index (χ0v) is 12.3. The number of rotatable bonds is 4. The first-order chi connectivity index (χ1) is 9.63. The lowest BCUT2D eigenvalue weighted by Gasteiger charge is -2.34. The van der Waals surface area contributed by atoms with Crippen LogP contribution in [0.1, 0.15) is 23.7 Å². The quantitative estimate of drug-likeness (QED) is 0.846. The second-order valence-corrected chi connectivity index (χ2v) is 5.13. The van der Waals surface area contributed by atoms with Crippen LogP contribution < -0.4 is 10.5 Å². The van der Waals surface area contributed by atoms with Crippen LogP contribution in [0.2, 0.25) is 0 Å². The fourth-order valence-electron chi connectivity index (χ4n) is 2.54. The first-order valence-corrected chi connectivity index (χ1v) is 7.10. The maximum atomic E-state index is 12.5. The van der Waals surface area contributed by atoms with Gasteiger partial charge in [0.25, 0.3) is 5.91 Å². The molecule has 0 aliphatic carbocycles. The number of amides is 1. The van der Waals surface area contributed by atoms with Crippen molar-refractivity contribution in [3.63, 3.8) is 0 Å². The number of nitrogens with zero attached hydrogens (tertiary/aromatic N) is 2. The number of benzene rings is 1. The van der Waals surface area contributed by atoms with E-state index < -0.39 is 0 Å². The van der Waals surface area contributed by atoms with Crippen LogP contribution in [0.15, 0.2) is 18.2 Å². The van der Waals surface area contributed by atoms with Gasteiger partial charge in [-0.05, 0) is 25.1 Å². The third-order valence-electron chi connectivity index (χ3n) is 3.61. The van der Waals surface area contributed by atoms with Gasteiger partial charge in [0.2, 0.25) is 0 Å². The van der Waals surface area contributed by atoms with Gasteiger partial charge >= 0.3 is 0 Å². The second-order valence-electron chi connectivity index (χ2n) is 5.13. The summed E-state index contributed by atoms with van der Waals surface area (Å²) < 4.78 is 5.16. The van der Waals surface area contributed by atoms with Crippen LogP contribution in [-0.4, -0.2) is 55.5 Å². The molecule has 20 heavy (non-hydrogen) atoms. The van der Waals surface area contributed by atoms with Crippen LogP contribution in [0.25, 0.3) is 0 Å². The Labute approximate surface area is 120 Å². The van der Waals surface area contributed by atoms with Crippen LogP contribution in [0.4, 0.5) is 5.69 Å². The van der Waals surface area contributed by atoms with Crippen molar-refractivity contribution in [2.45, 2.75) is 13.3 Å². The van der Waals surface area contributed by atoms with Crippen molar-refractivity contribution in [1.29, 1.82) is 0 Å². The van der Waals surface area contributed by atoms with E-state index in [1.54, 1.807) is 25.3 Å². The van der Waals surface area contributed by atoms with Gasteiger partial charge in [0.05, 0.1) is 7.11 Å². The van der Waals surface area contributed by atoms with E-state index in [2.05, 4.69) is 11.8 Å². The Bertz CT molecular complexity index is 468. The Hall–Kier alpha value is -1.75. The number of anilines is 1. The Balaban J connectivity index is 2.03. The van der Waals surface area contributed by atoms with Gasteiger partial charge in [-0.3, -0.25) is 9.69 Å². The van der Waals surface area contributed by atoms with Crippen molar-refractivity contribution < 1.29 is 9.53 Å². The molecular formula is C15H23N3O2. The molecule has 1 aromatic rings. The van der Waals surface area contributed by atoms with E-state index in [0.29, 0.717) is 17.0 Å². The molecule has 2 N–H and O–H groups in total. The number of nitrogen functional groups attached to an aromatic ring is 1. The van der Waals surface area contributed by atoms with Gasteiger partial charge in [0, 0.05) is 43.5 Å². The number of nitrogens with two attached hydrogens (primary N) is 1. The molecule has 5 nitrogen and oxygen atoms in total. The van der Waals surface area contributed by atoms with Crippen molar-refractivity contribution in [2.75, 3.05) is 45.6 Å². The number of methoxy groups -OCH3 is 1. The third-order valence-corrected chi connectivity index (χ3v) is 3.61. The zero-order chi connectivity index (χ0) is 14.5. The van der Waals surface area contributed by atoms with Crippen LogP contribution in [-0.2, 0) is 0 Å². The molecule has 5 heteroatoms. The van der Waals surface area contributed by atoms with E-state index >= 15 is 0 Å². The number of hydrogen-bond donors (Lipinski definition) is 1. The summed E-state index contributed by atoms with van der Waals surface area (Å²) in [5, 5.41) is 0. The molecule has 0 radical (unpaired) electrons. The van der Waals surface area contributed by atoms with E-state index in [4.69, 9.17) is 10.5 Å². The van der Waals surface area contributed by atoms with E-state index in [9.17, 15) is 4.79 Å². The summed E-state index contributed by atoms with van der Waals surface area (Å²) in [6.07, 6.45) is 1.15. The molecule has 1 aliphatic heterocycles. The number of carbonyl (C=O) groups is 1. The predicted molar refractivity (Wildman–Crippen MR) is 80.0 cm³/mol. The minimum atomic E-state index is 0.0340. The highest BCUT2D eigenvalue weighted by Gasteiger charge is 2.22. The molecule has 1 amide bonds. The summed E-state index contributed by atoms with van der Waals surface area (Å²) in [4.78, 5) is 16.8. The third kappa shape index (κ3) is 3.42. The Kier molecular flexibility index (Phi) is 4.84. The molecular weight excluding hydrogens is 254 g/mol. The lowest BCUT2D eigenvalue weighted by atomic mass is 10.1. The van der Waals surface area contributed by atoms with Crippen molar-refractivity contribution in [3.8, 4) is 5.75 Å². The van der Waals surface area contributed by atoms with Crippen LogP contribution in [0, 0.1) is 0 Å². The molecule has 0 spiro atoms. The molecule has 2 rings (SSSR count). The van der Waals surface area contributed by atoms with E-state index in [1.807, 2.05) is 4.90 Å². The SMILES string of the molecule is CCCN1CCN(C(=O)c2cc(N)cc(OC)c2)CC1. The highest BCUT2D eigenvalue weighted by atomic mass is 16.5. The normalized spacial score (nSPS) is 16.2. The largest absolute Gasteiger partial charge is 0.497 e. The molecule has 0 bridgehead atoms. The van der Waals surface area contributed by atoms with Crippen LogP contribution in [0.5, 0.6) is 5.75 Å². The number of carbonyl (C=O) groups excluding carboxylic acids is 1.